The number of aliphatic hydroxyl groups is 1. The lowest BCUT2D eigenvalue weighted by molar-refractivity contribution is -0.137. The van der Waals surface area contributed by atoms with E-state index in [0.717, 1.165) is 25.0 Å². The molecule has 1 fully saturated rings. The number of amides is 2. The Morgan fingerprint density at radius 3 is 2.52 bits per heavy atom. The number of hydrogen-bond acceptors (Lipinski definition) is 3. The molecule has 0 bridgehead atoms. The van der Waals surface area contributed by atoms with Crippen LogP contribution in [0, 0.1) is 11.6 Å². The first-order valence-electron chi connectivity index (χ1n) is 6.72. The number of rotatable bonds is 2. The van der Waals surface area contributed by atoms with Crippen LogP contribution in [0.3, 0.4) is 0 Å². The summed E-state index contributed by atoms with van der Waals surface area (Å²) in [6.07, 6.45) is 2.21. The molecule has 2 unspecified atom stereocenters. The number of hydrogen-bond donors (Lipinski definition) is 3. The molecule has 5 nitrogen and oxygen atoms in total. The standard InChI is InChI=1S/C14H16F2N2O3/c15-8-5-6-10(9(16)7-8)17-13(20)14(21)18-11-3-1-2-4-12(11)19/h5-7,11-12,19H,1-4H2,(H,17,20)(H,18,21). The molecule has 1 saturated carbocycles. The van der Waals surface area contributed by atoms with Crippen molar-refractivity contribution in [2.24, 2.45) is 0 Å². The van der Waals surface area contributed by atoms with Gasteiger partial charge in [0, 0.05) is 6.07 Å². The summed E-state index contributed by atoms with van der Waals surface area (Å²) < 4.78 is 26.1. The zero-order valence-electron chi connectivity index (χ0n) is 11.2. The van der Waals surface area contributed by atoms with Gasteiger partial charge in [0.15, 0.2) is 0 Å². The zero-order valence-corrected chi connectivity index (χ0v) is 11.2. The molecular weight excluding hydrogens is 282 g/mol. The molecule has 1 aromatic carbocycles. The Bertz CT molecular complexity index is 551. The van der Waals surface area contributed by atoms with Crippen LogP contribution in [-0.4, -0.2) is 29.1 Å². The summed E-state index contributed by atoms with van der Waals surface area (Å²) in [5.41, 5.74) is -0.277. The van der Waals surface area contributed by atoms with Crippen LogP contribution in [0.2, 0.25) is 0 Å². The Balaban J connectivity index is 1.94. The zero-order chi connectivity index (χ0) is 15.4. The molecular formula is C14H16F2N2O3. The molecule has 3 N–H and O–H groups in total. The molecule has 1 aromatic rings. The maximum atomic E-state index is 13.4. The average molecular weight is 298 g/mol. The predicted octanol–water partition coefficient (Wildman–Crippen LogP) is 1.32. The Labute approximate surface area is 120 Å². The molecule has 114 valence electrons. The van der Waals surface area contributed by atoms with Crippen molar-refractivity contribution in [3.8, 4) is 0 Å². The molecule has 0 spiro atoms. The van der Waals surface area contributed by atoms with E-state index < -0.39 is 35.6 Å². The molecule has 1 aliphatic rings. The van der Waals surface area contributed by atoms with Crippen LogP contribution < -0.4 is 10.6 Å². The maximum Gasteiger partial charge on any atom is 0.313 e. The fraction of sp³-hybridized carbons (Fsp3) is 0.429. The third kappa shape index (κ3) is 3.98. The van der Waals surface area contributed by atoms with Gasteiger partial charge in [0.05, 0.1) is 17.8 Å². The van der Waals surface area contributed by atoms with Crippen LogP contribution in [0.5, 0.6) is 0 Å². The molecule has 0 aliphatic heterocycles. The Morgan fingerprint density at radius 2 is 1.86 bits per heavy atom. The molecule has 2 atom stereocenters. The van der Waals surface area contributed by atoms with Crippen LogP contribution in [0.25, 0.3) is 0 Å². The summed E-state index contributed by atoms with van der Waals surface area (Å²) in [6, 6.07) is 2.14. The third-order valence-electron chi connectivity index (χ3n) is 3.43. The van der Waals surface area contributed by atoms with Gasteiger partial charge in [-0.25, -0.2) is 8.78 Å². The van der Waals surface area contributed by atoms with Crippen LogP contribution in [0.4, 0.5) is 14.5 Å². The molecule has 2 amide bonds. The number of carbonyl (C=O) groups excluding carboxylic acids is 2. The normalized spacial score (nSPS) is 21.7. The van der Waals surface area contributed by atoms with Gasteiger partial charge >= 0.3 is 11.8 Å². The smallest absolute Gasteiger partial charge is 0.313 e. The Morgan fingerprint density at radius 1 is 1.14 bits per heavy atom. The highest BCUT2D eigenvalue weighted by atomic mass is 19.1. The van der Waals surface area contributed by atoms with Crippen molar-refractivity contribution in [1.29, 1.82) is 0 Å². The van der Waals surface area contributed by atoms with E-state index in [0.29, 0.717) is 18.9 Å². The number of aliphatic hydroxyl groups excluding tert-OH is 1. The maximum absolute atomic E-state index is 13.4. The van der Waals surface area contributed by atoms with E-state index >= 15 is 0 Å². The average Bonchev–Trinajstić information content (AvgIpc) is 2.44. The summed E-state index contributed by atoms with van der Waals surface area (Å²) >= 11 is 0. The highest BCUT2D eigenvalue weighted by molar-refractivity contribution is 6.39. The van der Waals surface area contributed by atoms with Gasteiger partial charge in [0.25, 0.3) is 0 Å². The van der Waals surface area contributed by atoms with Gasteiger partial charge in [0.2, 0.25) is 0 Å². The summed E-state index contributed by atoms with van der Waals surface area (Å²) in [5.74, 6) is -3.75. The first-order chi connectivity index (χ1) is 9.97. The minimum atomic E-state index is -1.06. The van der Waals surface area contributed by atoms with Gasteiger partial charge in [-0.3, -0.25) is 9.59 Å². The molecule has 1 aliphatic carbocycles. The van der Waals surface area contributed by atoms with E-state index in [-0.39, 0.29) is 5.69 Å². The molecule has 0 saturated heterocycles. The van der Waals surface area contributed by atoms with Crippen molar-refractivity contribution in [2.75, 3.05) is 5.32 Å². The van der Waals surface area contributed by atoms with E-state index in [9.17, 15) is 23.5 Å². The summed E-state index contributed by atoms with van der Waals surface area (Å²) in [6.45, 7) is 0. The fourth-order valence-electron chi connectivity index (χ4n) is 2.28. The third-order valence-corrected chi connectivity index (χ3v) is 3.43. The lowest BCUT2D eigenvalue weighted by Crippen LogP contribution is -2.48. The number of benzene rings is 1. The van der Waals surface area contributed by atoms with Crippen molar-refractivity contribution in [3.05, 3.63) is 29.8 Å². The highest BCUT2D eigenvalue weighted by Crippen LogP contribution is 2.18. The SMILES string of the molecule is O=C(Nc1ccc(F)cc1F)C(=O)NC1CCCCC1O. The second kappa shape index (κ2) is 6.62. The van der Waals surface area contributed by atoms with Gasteiger partial charge in [-0.15, -0.1) is 0 Å². The van der Waals surface area contributed by atoms with Crippen LogP contribution >= 0.6 is 0 Å². The molecule has 0 aromatic heterocycles. The first-order valence-corrected chi connectivity index (χ1v) is 6.72. The number of carbonyl (C=O) groups is 2. The molecule has 2 rings (SSSR count). The van der Waals surface area contributed by atoms with Crippen LogP contribution in [0.1, 0.15) is 25.7 Å². The van der Waals surface area contributed by atoms with E-state index in [1.807, 2.05) is 0 Å². The second-order valence-electron chi connectivity index (χ2n) is 5.01. The van der Waals surface area contributed by atoms with Crippen molar-refractivity contribution < 1.29 is 23.5 Å². The van der Waals surface area contributed by atoms with Gasteiger partial charge in [-0.05, 0) is 25.0 Å². The molecule has 21 heavy (non-hydrogen) atoms. The van der Waals surface area contributed by atoms with Crippen molar-refractivity contribution in [3.63, 3.8) is 0 Å². The largest absolute Gasteiger partial charge is 0.391 e. The van der Waals surface area contributed by atoms with Gasteiger partial charge in [-0.2, -0.15) is 0 Å². The second-order valence-corrected chi connectivity index (χ2v) is 5.01. The van der Waals surface area contributed by atoms with Gasteiger partial charge in [-0.1, -0.05) is 12.8 Å². The van der Waals surface area contributed by atoms with Crippen molar-refractivity contribution in [1.82, 2.24) is 5.32 Å². The molecule has 0 heterocycles. The summed E-state index contributed by atoms with van der Waals surface area (Å²) in [4.78, 5) is 23.4. The highest BCUT2D eigenvalue weighted by Gasteiger charge is 2.27. The van der Waals surface area contributed by atoms with Crippen molar-refractivity contribution in [2.45, 2.75) is 37.8 Å². The predicted molar refractivity (Wildman–Crippen MR) is 71.4 cm³/mol. The minimum absolute atomic E-state index is 0.277. The van der Waals surface area contributed by atoms with E-state index in [1.165, 1.54) is 0 Å². The van der Waals surface area contributed by atoms with Crippen LogP contribution in [-0.2, 0) is 9.59 Å². The molecule has 7 heteroatoms. The Hall–Kier alpha value is -2.02. The number of halogens is 2. The van der Waals surface area contributed by atoms with Gasteiger partial charge < -0.3 is 15.7 Å². The Kier molecular flexibility index (Phi) is 4.85. The monoisotopic (exact) mass is 298 g/mol. The lowest BCUT2D eigenvalue weighted by Gasteiger charge is -2.27. The number of nitrogens with one attached hydrogen (secondary N) is 2. The van der Waals surface area contributed by atoms with E-state index in [1.54, 1.807) is 0 Å². The van der Waals surface area contributed by atoms with E-state index in [4.69, 9.17) is 0 Å². The van der Waals surface area contributed by atoms with Crippen LogP contribution in [0.15, 0.2) is 18.2 Å². The number of anilines is 1. The summed E-state index contributed by atoms with van der Waals surface area (Å²) in [5, 5.41) is 14.2. The van der Waals surface area contributed by atoms with Crippen molar-refractivity contribution >= 4 is 17.5 Å². The first kappa shape index (κ1) is 15.4. The van der Waals surface area contributed by atoms with Gasteiger partial charge in [0.1, 0.15) is 11.6 Å². The summed E-state index contributed by atoms with van der Waals surface area (Å²) in [7, 11) is 0. The lowest BCUT2D eigenvalue weighted by atomic mass is 9.92. The fourth-order valence-corrected chi connectivity index (χ4v) is 2.28. The van der Waals surface area contributed by atoms with E-state index in [2.05, 4.69) is 10.6 Å². The minimum Gasteiger partial charge on any atom is -0.391 e. The molecule has 0 radical (unpaired) electrons. The topological polar surface area (TPSA) is 78.4 Å². The quantitative estimate of drug-likeness (QED) is 0.721.